The Morgan fingerprint density at radius 2 is 1.94 bits per heavy atom. The van der Waals surface area contributed by atoms with E-state index in [2.05, 4.69) is 30.4 Å². The molecule has 100 valence electrons. The molecule has 0 spiro atoms. The molecule has 0 aliphatic heterocycles. The number of hydrogen-bond donors (Lipinski definition) is 2. The maximum absolute atomic E-state index is 5.89. The van der Waals surface area contributed by atoms with E-state index in [1.165, 1.54) is 31.2 Å². The van der Waals surface area contributed by atoms with E-state index in [1.54, 1.807) is 11.1 Å². The van der Waals surface area contributed by atoms with E-state index in [9.17, 15) is 0 Å². The Bertz CT molecular complexity index is 383. The monoisotopic (exact) mass is 246 g/mol. The van der Waals surface area contributed by atoms with Crippen LogP contribution in [0.3, 0.4) is 0 Å². The van der Waals surface area contributed by atoms with Crippen molar-refractivity contribution in [1.82, 2.24) is 5.32 Å². The molecule has 18 heavy (non-hydrogen) atoms. The number of fused-ring (bicyclic) bond motifs is 1. The molecule has 0 aromatic heterocycles. The van der Waals surface area contributed by atoms with Crippen LogP contribution in [-0.2, 0) is 12.8 Å². The average Bonchev–Trinajstić information content (AvgIpc) is 2.44. The van der Waals surface area contributed by atoms with Crippen molar-refractivity contribution < 1.29 is 0 Å². The summed E-state index contributed by atoms with van der Waals surface area (Å²) in [7, 11) is 2.04. The number of benzene rings is 1. The molecule has 0 radical (unpaired) electrons. The summed E-state index contributed by atoms with van der Waals surface area (Å²) in [4.78, 5) is 0. The zero-order chi connectivity index (χ0) is 13.0. The zero-order valence-corrected chi connectivity index (χ0v) is 11.7. The zero-order valence-electron chi connectivity index (χ0n) is 11.7. The molecule has 1 aliphatic rings. The van der Waals surface area contributed by atoms with E-state index in [4.69, 9.17) is 5.73 Å². The van der Waals surface area contributed by atoms with Gasteiger partial charge in [0, 0.05) is 6.04 Å². The first-order chi connectivity index (χ1) is 8.80. The van der Waals surface area contributed by atoms with Crippen molar-refractivity contribution in [2.75, 3.05) is 13.6 Å². The Kier molecular flexibility index (Phi) is 4.79. The van der Waals surface area contributed by atoms with Crippen LogP contribution in [0.25, 0.3) is 0 Å². The predicted molar refractivity (Wildman–Crippen MR) is 77.7 cm³/mol. The van der Waals surface area contributed by atoms with E-state index in [-0.39, 0.29) is 0 Å². The van der Waals surface area contributed by atoms with Gasteiger partial charge in [0.1, 0.15) is 0 Å². The van der Waals surface area contributed by atoms with Gasteiger partial charge in [-0.2, -0.15) is 0 Å². The lowest BCUT2D eigenvalue weighted by Gasteiger charge is -2.27. The molecule has 2 rings (SSSR count). The first-order valence-electron chi connectivity index (χ1n) is 7.29. The summed E-state index contributed by atoms with van der Waals surface area (Å²) in [6.45, 7) is 2.97. The molecule has 0 heterocycles. The fourth-order valence-corrected chi connectivity index (χ4v) is 3.16. The smallest absolute Gasteiger partial charge is 0.0358 e. The number of nitrogens with two attached hydrogens (primary N) is 1. The lowest BCUT2D eigenvalue weighted by molar-refractivity contribution is 0.378. The van der Waals surface area contributed by atoms with Crippen molar-refractivity contribution in [3.63, 3.8) is 0 Å². The average molecular weight is 246 g/mol. The van der Waals surface area contributed by atoms with Crippen molar-refractivity contribution in [2.45, 2.75) is 45.1 Å². The van der Waals surface area contributed by atoms with E-state index in [1.807, 2.05) is 7.05 Å². The molecule has 0 bridgehead atoms. The van der Waals surface area contributed by atoms with Crippen LogP contribution in [0, 0.1) is 5.92 Å². The van der Waals surface area contributed by atoms with E-state index in [0.29, 0.717) is 12.0 Å². The molecule has 2 nitrogen and oxygen atoms in total. The summed E-state index contributed by atoms with van der Waals surface area (Å²) < 4.78 is 0. The van der Waals surface area contributed by atoms with Gasteiger partial charge in [-0.05, 0) is 61.9 Å². The third kappa shape index (κ3) is 2.76. The van der Waals surface area contributed by atoms with Gasteiger partial charge in [0.25, 0.3) is 0 Å². The van der Waals surface area contributed by atoms with Gasteiger partial charge in [0.2, 0.25) is 0 Å². The van der Waals surface area contributed by atoms with Crippen LogP contribution in [0.5, 0.6) is 0 Å². The van der Waals surface area contributed by atoms with Crippen molar-refractivity contribution in [3.05, 3.63) is 34.9 Å². The second-order valence-corrected chi connectivity index (χ2v) is 5.41. The Morgan fingerprint density at radius 3 is 2.56 bits per heavy atom. The molecular formula is C16H26N2. The van der Waals surface area contributed by atoms with E-state index >= 15 is 0 Å². The molecule has 0 amide bonds. The molecule has 0 saturated carbocycles. The van der Waals surface area contributed by atoms with Gasteiger partial charge >= 0.3 is 0 Å². The lowest BCUT2D eigenvalue weighted by Crippen LogP contribution is -2.30. The highest BCUT2D eigenvalue weighted by atomic mass is 14.9. The minimum atomic E-state index is 0.396. The van der Waals surface area contributed by atoms with Crippen molar-refractivity contribution >= 4 is 0 Å². The number of hydrogen-bond acceptors (Lipinski definition) is 2. The third-order valence-electron chi connectivity index (χ3n) is 4.34. The van der Waals surface area contributed by atoms with Crippen LogP contribution in [-0.4, -0.2) is 13.6 Å². The minimum Gasteiger partial charge on any atom is -0.330 e. The normalized spacial score (nSPS) is 18.2. The van der Waals surface area contributed by atoms with Crippen LogP contribution in [0.2, 0.25) is 0 Å². The summed E-state index contributed by atoms with van der Waals surface area (Å²) in [5.74, 6) is 0.525. The van der Waals surface area contributed by atoms with Gasteiger partial charge in [-0.15, -0.1) is 0 Å². The quantitative estimate of drug-likeness (QED) is 0.838. The topological polar surface area (TPSA) is 38.0 Å². The molecule has 3 N–H and O–H groups in total. The van der Waals surface area contributed by atoms with Crippen molar-refractivity contribution in [2.24, 2.45) is 11.7 Å². The summed E-state index contributed by atoms with van der Waals surface area (Å²) in [5.41, 5.74) is 10.4. The first kappa shape index (κ1) is 13.6. The van der Waals surface area contributed by atoms with Crippen molar-refractivity contribution in [1.29, 1.82) is 0 Å². The number of rotatable bonds is 5. The van der Waals surface area contributed by atoms with Crippen LogP contribution in [0.4, 0.5) is 0 Å². The Morgan fingerprint density at radius 1 is 1.22 bits per heavy atom. The molecule has 0 saturated heterocycles. The lowest BCUT2D eigenvalue weighted by atomic mass is 9.85. The van der Waals surface area contributed by atoms with Gasteiger partial charge in [-0.3, -0.25) is 0 Å². The van der Waals surface area contributed by atoms with Gasteiger partial charge < -0.3 is 11.1 Å². The SMILES string of the molecule is CCC(CN)C(NC)c1ccc2c(c1)CCCC2. The predicted octanol–water partition coefficient (Wildman–Crippen LogP) is 2.81. The fourth-order valence-electron chi connectivity index (χ4n) is 3.16. The molecule has 1 aliphatic carbocycles. The summed E-state index contributed by atoms with van der Waals surface area (Å²) >= 11 is 0. The molecule has 0 fully saturated rings. The standard InChI is InChI=1S/C16H26N2/c1-3-12(11-17)16(18-2)15-9-8-13-6-4-5-7-14(13)10-15/h8-10,12,16,18H,3-7,11,17H2,1-2H3. The number of aryl methyl sites for hydroxylation is 2. The third-order valence-corrected chi connectivity index (χ3v) is 4.34. The Balaban J connectivity index is 2.25. The van der Waals surface area contributed by atoms with E-state index in [0.717, 1.165) is 13.0 Å². The molecule has 2 atom stereocenters. The molecular weight excluding hydrogens is 220 g/mol. The summed E-state index contributed by atoms with van der Waals surface area (Å²) in [5, 5.41) is 3.45. The molecule has 2 unspecified atom stereocenters. The van der Waals surface area contributed by atoms with Gasteiger partial charge in [0.15, 0.2) is 0 Å². The molecule has 1 aromatic carbocycles. The van der Waals surface area contributed by atoms with E-state index < -0.39 is 0 Å². The Labute approximate surface area is 111 Å². The summed E-state index contributed by atoms with van der Waals surface area (Å²) in [6.07, 6.45) is 6.32. The highest BCUT2D eigenvalue weighted by Crippen LogP contribution is 2.28. The van der Waals surface area contributed by atoms with Gasteiger partial charge in [0.05, 0.1) is 0 Å². The molecule has 1 aromatic rings. The second kappa shape index (κ2) is 6.35. The Hall–Kier alpha value is -0.860. The maximum Gasteiger partial charge on any atom is 0.0358 e. The minimum absolute atomic E-state index is 0.396. The second-order valence-electron chi connectivity index (χ2n) is 5.41. The number of nitrogens with one attached hydrogen (secondary N) is 1. The fraction of sp³-hybridized carbons (Fsp3) is 0.625. The van der Waals surface area contributed by atoms with Crippen LogP contribution in [0.15, 0.2) is 18.2 Å². The summed E-state index contributed by atoms with van der Waals surface area (Å²) in [6, 6.07) is 7.43. The maximum atomic E-state index is 5.89. The van der Waals surface area contributed by atoms with Crippen LogP contribution < -0.4 is 11.1 Å². The first-order valence-corrected chi connectivity index (χ1v) is 7.29. The molecule has 2 heteroatoms. The van der Waals surface area contributed by atoms with Gasteiger partial charge in [-0.25, -0.2) is 0 Å². The largest absolute Gasteiger partial charge is 0.330 e. The highest BCUT2D eigenvalue weighted by molar-refractivity contribution is 5.35. The van der Waals surface area contributed by atoms with Crippen LogP contribution in [0.1, 0.15) is 48.9 Å². The highest BCUT2D eigenvalue weighted by Gasteiger charge is 2.20. The van der Waals surface area contributed by atoms with Crippen molar-refractivity contribution in [3.8, 4) is 0 Å². The van der Waals surface area contributed by atoms with Crippen LogP contribution >= 0.6 is 0 Å². The van der Waals surface area contributed by atoms with Gasteiger partial charge in [-0.1, -0.05) is 31.5 Å².